The number of hydrogen-bond acceptors (Lipinski definition) is 5. The molecule has 0 N–H and O–H groups in total. The molecular formula is C13H16N4O. The molecule has 0 atom stereocenters. The first-order valence-electron chi connectivity index (χ1n) is 6.16. The lowest BCUT2D eigenvalue weighted by Crippen LogP contribution is -2.31. The summed E-state index contributed by atoms with van der Waals surface area (Å²) in [5, 5.41) is 4.00. The smallest absolute Gasteiger partial charge is 0.138 e. The molecule has 0 spiro atoms. The fraction of sp³-hybridized carbons (Fsp3) is 0.462. The third-order valence-electron chi connectivity index (χ3n) is 3.51. The average molecular weight is 244 g/mol. The van der Waals surface area contributed by atoms with E-state index in [1.807, 2.05) is 20.0 Å². The van der Waals surface area contributed by atoms with Crippen LogP contribution in [0, 0.1) is 13.8 Å². The van der Waals surface area contributed by atoms with Crippen LogP contribution in [0.4, 0.5) is 0 Å². The maximum Gasteiger partial charge on any atom is 0.138 e. The van der Waals surface area contributed by atoms with Gasteiger partial charge in [0.25, 0.3) is 0 Å². The van der Waals surface area contributed by atoms with Crippen LogP contribution in [0.3, 0.4) is 0 Å². The van der Waals surface area contributed by atoms with E-state index in [2.05, 4.69) is 20.0 Å². The van der Waals surface area contributed by atoms with Gasteiger partial charge in [0, 0.05) is 31.4 Å². The summed E-state index contributed by atoms with van der Waals surface area (Å²) < 4.78 is 5.20. The van der Waals surface area contributed by atoms with Gasteiger partial charge in [0.05, 0.1) is 11.4 Å². The Labute approximate surface area is 106 Å². The van der Waals surface area contributed by atoms with E-state index in [1.165, 1.54) is 11.1 Å². The van der Waals surface area contributed by atoms with Gasteiger partial charge in [0.15, 0.2) is 0 Å². The first-order chi connectivity index (χ1) is 8.74. The van der Waals surface area contributed by atoms with Crippen molar-refractivity contribution in [2.75, 3.05) is 6.54 Å². The zero-order valence-electron chi connectivity index (χ0n) is 10.7. The fourth-order valence-corrected chi connectivity index (χ4v) is 2.39. The quantitative estimate of drug-likeness (QED) is 0.803. The van der Waals surface area contributed by atoms with E-state index in [0.717, 1.165) is 43.2 Å². The standard InChI is InChI=1S/C13H16N4O/c1-9-12(10(2)18-16-9)6-17-4-3-11-5-14-8-15-13(11)7-17/h5,8H,3-4,6-7H2,1-2H3. The van der Waals surface area contributed by atoms with Gasteiger partial charge in [0.1, 0.15) is 12.1 Å². The molecule has 3 heterocycles. The first kappa shape index (κ1) is 11.3. The monoisotopic (exact) mass is 244 g/mol. The van der Waals surface area contributed by atoms with Gasteiger partial charge in [-0.05, 0) is 25.8 Å². The highest BCUT2D eigenvalue weighted by molar-refractivity contribution is 5.23. The normalized spacial score (nSPS) is 15.7. The Kier molecular flexibility index (Phi) is 2.83. The van der Waals surface area contributed by atoms with Crippen molar-refractivity contribution in [3.05, 3.63) is 40.8 Å². The molecule has 0 unspecified atom stereocenters. The summed E-state index contributed by atoms with van der Waals surface area (Å²) in [4.78, 5) is 10.8. The molecule has 0 radical (unpaired) electrons. The van der Waals surface area contributed by atoms with Gasteiger partial charge in [-0.15, -0.1) is 0 Å². The number of rotatable bonds is 2. The van der Waals surface area contributed by atoms with E-state index in [0.29, 0.717) is 0 Å². The molecule has 0 amide bonds. The van der Waals surface area contributed by atoms with Gasteiger partial charge in [-0.2, -0.15) is 0 Å². The summed E-state index contributed by atoms with van der Waals surface area (Å²) in [6, 6.07) is 0. The molecule has 0 fully saturated rings. The van der Waals surface area contributed by atoms with Crippen molar-refractivity contribution in [3.63, 3.8) is 0 Å². The Balaban J connectivity index is 1.77. The van der Waals surface area contributed by atoms with Crippen molar-refractivity contribution in [2.45, 2.75) is 33.4 Å². The second-order valence-corrected chi connectivity index (χ2v) is 4.76. The van der Waals surface area contributed by atoms with E-state index < -0.39 is 0 Å². The molecule has 5 nitrogen and oxygen atoms in total. The van der Waals surface area contributed by atoms with Crippen LogP contribution in [0.2, 0.25) is 0 Å². The van der Waals surface area contributed by atoms with Crippen molar-refractivity contribution in [1.29, 1.82) is 0 Å². The summed E-state index contributed by atoms with van der Waals surface area (Å²) in [6.07, 6.45) is 4.56. The molecule has 5 heteroatoms. The Morgan fingerprint density at radius 2 is 2.28 bits per heavy atom. The molecule has 0 aliphatic carbocycles. The van der Waals surface area contributed by atoms with Crippen LogP contribution < -0.4 is 0 Å². The molecular weight excluding hydrogens is 228 g/mol. The Morgan fingerprint density at radius 1 is 1.39 bits per heavy atom. The van der Waals surface area contributed by atoms with E-state index in [4.69, 9.17) is 4.52 Å². The molecule has 1 aliphatic heterocycles. The van der Waals surface area contributed by atoms with Gasteiger partial charge in [0.2, 0.25) is 0 Å². The van der Waals surface area contributed by atoms with Gasteiger partial charge < -0.3 is 4.52 Å². The Hall–Kier alpha value is -1.75. The Morgan fingerprint density at radius 3 is 3.06 bits per heavy atom. The predicted octanol–water partition coefficient (Wildman–Crippen LogP) is 1.64. The minimum absolute atomic E-state index is 0.877. The van der Waals surface area contributed by atoms with Crippen LogP contribution in [0.1, 0.15) is 28.3 Å². The highest BCUT2D eigenvalue weighted by atomic mass is 16.5. The molecule has 3 rings (SSSR count). The molecule has 0 saturated carbocycles. The molecule has 1 aliphatic rings. The van der Waals surface area contributed by atoms with Crippen LogP contribution in [0.5, 0.6) is 0 Å². The maximum atomic E-state index is 5.20. The summed E-state index contributed by atoms with van der Waals surface area (Å²) in [5.74, 6) is 0.918. The number of nitrogens with zero attached hydrogens (tertiary/aromatic N) is 4. The molecule has 2 aromatic rings. The first-order valence-corrected chi connectivity index (χ1v) is 6.16. The van der Waals surface area contributed by atoms with Crippen LogP contribution >= 0.6 is 0 Å². The summed E-state index contributed by atoms with van der Waals surface area (Å²) in [5.41, 5.74) is 4.60. The number of hydrogen-bond donors (Lipinski definition) is 0. The topological polar surface area (TPSA) is 55.1 Å². The minimum Gasteiger partial charge on any atom is -0.361 e. The molecule has 0 aromatic carbocycles. The Bertz CT molecular complexity index is 544. The maximum absolute atomic E-state index is 5.20. The van der Waals surface area contributed by atoms with E-state index >= 15 is 0 Å². The number of fused-ring (bicyclic) bond motifs is 1. The lowest BCUT2D eigenvalue weighted by molar-refractivity contribution is 0.239. The van der Waals surface area contributed by atoms with Crippen molar-refractivity contribution < 1.29 is 4.52 Å². The van der Waals surface area contributed by atoms with Crippen LogP contribution in [-0.2, 0) is 19.5 Å². The zero-order chi connectivity index (χ0) is 12.5. The number of aromatic nitrogens is 3. The highest BCUT2D eigenvalue weighted by Gasteiger charge is 2.20. The van der Waals surface area contributed by atoms with E-state index in [9.17, 15) is 0 Å². The van der Waals surface area contributed by atoms with Gasteiger partial charge >= 0.3 is 0 Å². The van der Waals surface area contributed by atoms with E-state index in [-0.39, 0.29) is 0 Å². The fourth-order valence-electron chi connectivity index (χ4n) is 2.39. The zero-order valence-corrected chi connectivity index (χ0v) is 10.7. The highest BCUT2D eigenvalue weighted by Crippen LogP contribution is 2.20. The largest absolute Gasteiger partial charge is 0.361 e. The van der Waals surface area contributed by atoms with Gasteiger partial charge in [-0.3, -0.25) is 4.90 Å². The SMILES string of the molecule is Cc1noc(C)c1CN1CCc2cncnc2C1. The molecule has 0 saturated heterocycles. The molecule has 0 bridgehead atoms. The molecule has 18 heavy (non-hydrogen) atoms. The second-order valence-electron chi connectivity index (χ2n) is 4.76. The third-order valence-corrected chi connectivity index (χ3v) is 3.51. The third kappa shape index (κ3) is 2.01. The van der Waals surface area contributed by atoms with Gasteiger partial charge in [-0.25, -0.2) is 9.97 Å². The lowest BCUT2D eigenvalue weighted by atomic mass is 10.1. The van der Waals surface area contributed by atoms with Crippen LogP contribution in [0.25, 0.3) is 0 Å². The van der Waals surface area contributed by atoms with Crippen LogP contribution in [0.15, 0.2) is 17.0 Å². The van der Waals surface area contributed by atoms with Crippen molar-refractivity contribution in [3.8, 4) is 0 Å². The molecule has 2 aromatic heterocycles. The minimum atomic E-state index is 0.877. The number of aryl methyl sites for hydroxylation is 2. The van der Waals surface area contributed by atoms with Gasteiger partial charge in [-0.1, -0.05) is 5.16 Å². The van der Waals surface area contributed by atoms with E-state index in [1.54, 1.807) is 6.33 Å². The lowest BCUT2D eigenvalue weighted by Gasteiger charge is -2.27. The predicted molar refractivity (Wildman–Crippen MR) is 65.8 cm³/mol. The summed E-state index contributed by atoms with van der Waals surface area (Å²) in [7, 11) is 0. The second kappa shape index (κ2) is 4.49. The summed E-state index contributed by atoms with van der Waals surface area (Å²) in [6.45, 7) is 6.75. The van der Waals surface area contributed by atoms with Crippen molar-refractivity contribution in [2.24, 2.45) is 0 Å². The van der Waals surface area contributed by atoms with Crippen molar-refractivity contribution in [1.82, 2.24) is 20.0 Å². The van der Waals surface area contributed by atoms with Crippen LogP contribution in [-0.4, -0.2) is 26.6 Å². The summed E-state index contributed by atoms with van der Waals surface area (Å²) >= 11 is 0. The average Bonchev–Trinajstić information content (AvgIpc) is 2.70. The molecule has 94 valence electrons. The van der Waals surface area contributed by atoms with Crippen molar-refractivity contribution >= 4 is 0 Å².